The topological polar surface area (TPSA) is 49.3 Å². The van der Waals surface area contributed by atoms with Gasteiger partial charge in [-0.2, -0.15) is 0 Å². The molecule has 0 saturated carbocycles. The van der Waals surface area contributed by atoms with Gasteiger partial charge in [0.25, 0.3) is 5.91 Å². The standard InChI is InChI=1S/C15H13ClFNO2/c1-9(11-4-2-3-5-13(11)16)18-15(20)12-7-6-10(19)8-14(12)17/h2-9,19H,1H3,(H,18,20). The third-order valence-electron chi connectivity index (χ3n) is 2.92. The maximum atomic E-state index is 13.6. The average molecular weight is 294 g/mol. The minimum Gasteiger partial charge on any atom is -0.508 e. The van der Waals surface area contributed by atoms with Gasteiger partial charge in [-0.1, -0.05) is 29.8 Å². The summed E-state index contributed by atoms with van der Waals surface area (Å²) in [4.78, 5) is 12.0. The summed E-state index contributed by atoms with van der Waals surface area (Å²) in [7, 11) is 0. The molecule has 1 atom stereocenters. The quantitative estimate of drug-likeness (QED) is 0.907. The van der Waals surface area contributed by atoms with Crippen LogP contribution in [0.1, 0.15) is 28.9 Å². The molecule has 2 aromatic carbocycles. The third-order valence-corrected chi connectivity index (χ3v) is 3.26. The van der Waals surface area contributed by atoms with E-state index in [1.165, 1.54) is 12.1 Å². The second kappa shape index (κ2) is 5.92. The molecule has 2 aromatic rings. The van der Waals surface area contributed by atoms with E-state index in [4.69, 9.17) is 16.7 Å². The van der Waals surface area contributed by atoms with Gasteiger partial charge in [-0.3, -0.25) is 4.79 Å². The Morgan fingerprint density at radius 2 is 2.00 bits per heavy atom. The third kappa shape index (κ3) is 3.08. The molecule has 1 amide bonds. The Morgan fingerprint density at radius 3 is 2.65 bits per heavy atom. The number of amides is 1. The summed E-state index contributed by atoms with van der Waals surface area (Å²) in [5, 5.41) is 12.3. The fourth-order valence-corrected chi connectivity index (χ4v) is 2.17. The van der Waals surface area contributed by atoms with E-state index in [0.717, 1.165) is 11.6 Å². The van der Waals surface area contributed by atoms with E-state index >= 15 is 0 Å². The predicted octanol–water partition coefficient (Wildman–Crippen LogP) is 3.68. The van der Waals surface area contributed by atoms with E-state index < -0.39 is 11.7 Å². The van der Waals surface area contributed by atoms with Crippen LogP contribution in [0.4, 0.5) is 4.39 Å². The van der Waals surface area contributed by atoms with Crippen LogP contribution in [0.25, 0.3) is 0 Å². The molecule has 0 aliphatic heterocycles. The number of carbonyl (C=O) groups excluding carboxylic acids is 1. The van der Waals surface area contributed by atoms with Crippen LogP contribution >= 0.6 is 11.6 Å². The van der Waals surface area contributed by atoms with Crippen LogP contribution in [-0.4, -0.2) is 11.0 Å². The molecule has 0 fully saturated rings. The Kier molecular flexibility index (Phi) is 4.25. The Bertz CT molecular complexity index is 646. The van der Waals surface area contributed by atoms with Gasteiger partial charge < -0.3 is 10.4 Å². The Hall–Kier alpha value is -2.07. The van der Waals surface area contributed by atoms with Crippen molar-refractivity contribution in [3.8, 4) is 5.75 Å². The lowest BCUT2D eigenvalue weighted by atomic mass is 10.1. The van der Waals surface area contributed by atoms with E-state index in [1.807, 2.05) is 6.07 Å². The number of benzene rings is 2. The van der Waals surface area contributed by atoms with Gasteiger partial charge in [-0.15, -0.1) is 0 Å². The summed E-state index contributed by atoms with van der Waals surface area (Å²) >= 11 is 6.04. The minimum atomic E-state index is -0.770. The lowest BCUT2D eigenvalue weighted by Gasteiger charge is -2.16. The van der Waals surface area contributed by atoms with Crippen molar-refractivity contribution in [3.63, 3.8) is 0 Å². The van der Waals surface area contributed by atoms with Crippen LogP contribution in [-0.2, 0) is 0 Å². The number of phenols is 1. The van der Waals surface area contributed by atoms with Crippen LogP contribution in [0.3, 0.4) is 0 Å². The molecule has 0 aliphatic rings. The molecule has 0 bridgehead atoms. The molecule has 3 nitrogen and oxygen atoms in total. The second-order valence-electron chi connectivity index (χ2n) is 4.38. The van der Waals surface area contributed by atoms with Gasteiger partial charge in [0.05, 0.1) is 11.6 Å². The largest absolute Gasteiger partial charge is 0.508 e. The highest BCUT2D eigenvalue weighted by Gasteiger charge is 2.16. The summed E-state index contributed by atoms with van der Waals surface area (Å²) in [6.07, 6.45) is 0. The van der Waals surface area contributed by atoms with Gasteiger partial charge in [-0.05, 0) is 30.7 Å². The molecular formula is C15H13ClFNO2. The van der Waals surface area contributed by atoms with Crippen molar-refractivity contribution >= 4 is 17.5 Å². The van der Waals surface area contributed by atoms with E-state index in [0.29, 0.717) is 5.02 Å². The molecule has 0 aliphatic carbocycles. The molecule has 0 radical (unpaired) electrons. The number of aromatic hydroxyl groups is 1. The zero-order chi connectivity index (χ0) is 14.7. The Morgan fingerprint density at radius 1 is 1.30 bits per heavy atom. The first-order valence-electron chi connectivity index (χ1n) is 6.03. The highest BCUT2D eigenvalue weighted by molar-refractivity contribution is 6.31. The maximum absolute atomic E-state index is 13.6. The van der Waals surface area contributed by atoms with Crippen LogP contribution in [0.5, 0.6) is 5.75 Å². The number of rotatable bonds is 3. The lowest BCUT2D eigenvalue weighted by Crippen LogP contribution is -2.27. The highest BCUT2D eigenvalue weighted by Crippen LogP contribution is 2.23. The molecule has 5 heteroatoms. The molecule has 1 unspecified atom stereocenters. The smallest absolute Gasteiger partial charge is 0.254 e. The van der Waals surface area contributed by atoms with E-state index in [2.05, 4.69) is 5.32 Å². The molecule has 0 aromatic heterocycles. The number of nitrogens with one attached hydrogen (secondary N) is 1. The van der Waals surface area contributed by atoms with Crippen molar-refractivity contribution in [1.82, 2.24) is 5.32 Å². The van der Waals surface area contributed by atoms with Crippen LogP contribution in [0.2, 0.25) is 5.02 Å². The summed E-state index contributed by atoms with van der Waals surface area (Å²) in [6.45, 7) is 1.76. The number of phenolic OH excluding ortho intramolecular Hbond substituents is 1. The molecule has 20 heavy (non-hydrogen) atoms. The van der Waals surface area contributed by atoms with Crippen LogP contribution in [0.15, 0.2) is 42.5 Å². The van der Waals surface area contributed by atoms with Gasteiger partial charge in [0.15, 0.2) is 0 Å². The van der Waals surface area contributed by atoms with Crippen LogP contribution in [0, 0.1) is 5.82 Å². The van der Waals surface area contributed by atoms with Crippen molar-refractivity contribution in [2.45, 2.75) is 13.0 Å². The summed E-state index contributed by atoms with van der Waals surface area (Å²) in [6, 6.07) is 10.2. The first kappa shape index (κ1) is 14.3. The monoisotopic (exact) mass is 293 g/mol. The molecular weight excluding hydrogens is 281 g/mol. The summed E-state index contributed by atoms with van der Waals surface area (Å²) in [5.74, 6) is -1.55. The number of hydrogen-bond acceptors (Lipinski definition) is 2. The first-order chi connectivity index (χ1) is 9.49. The maximum Gasteiger partial charge on any atom is 0.254 e. The molecule has 0 heterocycles. The fourth-order valence-electron chi connectivity index (χ4n) is 1.87. The summed E-state index contributed by atoms with van der Waals surface area (Å²) < 4.78 is 13.6. The number of halogens is 2. The van der Waals surface area contributed by atoms with Crippen molar-refractivity contribution in [2.75, 3.05) is 0 Å². The van der Waals surface area contributed by atoms with Gasteiger partial charge in [0.2, 0.25) is 0 Å². The predicted molar refractivity (Wildman–Crippen MR) is 75.4 cm³/mol. The zero-order valence-electron chi connectivity index (χ0n) is 10.7. The Balaban J connectivity index is 2.17. The first-order valence-corrected chi connectivity index (χ1v) is 6.40. The normalized spacial score (nSPS) is 11.9. The van der Waals surface area contributed by atoms with E-state index in [9.17, 15) is 9.18 Å². The molecule has 2 rings (SSSR count). The van der Waals surface area contributed by atoms with Gasteiger partial charge >= 0.3 is 0 Å². The van der Waals surface area contributed by atoms with Crippen LogP contribution < -0.4 is 5.32 Å². The molecule has 0 spiro atoms. The average Bonchev–Trinajstić information content (AvgIpc) is 2.38. The second-order valence-corrected chi connectivity index (χ2v) is 4.79. The van der Waals surface area contributed by atoms with Gasteiger partial charge in [0.1, 0.15) is 11.6 Å². The van der Waals surface area contributed by atoms with Crippen molar-refractivity contribution in [3.05, 3.63) is 64.4 Å². The van der Waals surface area contributed by atoms with Crippen molar-refractivity contribution in [2.24, 2.45) is 0 Å². The number of hydrogen-bond donors (Lipinski definition) is 2. The van der Waals surface area contributed by atoms with Gasteiger partial charge in [-0.25, -0.2) is 4.39 Å². The lowest BCUT2D eigenvalue weighted by molar-refractivity contribution is 0.0936. The summed E-state index contributed by atoms with van der Waals surface area (Å²) in [5.41, 5.74) is 0.628. The van der Waals surface area contributed by atoms with Gasteiger partial charge in [0, 0.05) is 11.1 Å². The highest BCUT2D eigenvalue weighted by atomic mass is 35.5. The van der Waals surface area contributed by atoms with E-state index in [-0.39, 0.29) is 17.4 Å². The van der Waals surface area contributed by atoms with Crippen molar-refractivity contribution < 1.29 is 14.3 Å². The molecule has 0 saturated heterocycles. The van der Waals surface area contributed by atoms with Crippen molar-refractivity contribution in [1.29, 1.82) is 0 Å². The minimum absolute atomic E-state index is 0.123. The zero-order valence-corrected chi connectivity index (χ0v) is 11.5. The number of carbonyl (C=O) groups is 1. The van der Waals surface area contributed by atoms with E-state index in [1.54, 1.807) is 25.1 Å². The Labute approximate surface area is 121 Å². The molecule has 2 N–H and O–H groups in total. The SMILES string of the molecule is CC(NC(=O)c1ccc(O)cc1F)c1ccccc1Cl. The fraction of sp³-hybridized carbons (Fsp3) is 0.133. The molecule has 104 valence electrons.